The fraction of sp³-hybridized carbons (Fsp3) is 1.00. The number of rotatable bonds is 11. The second-order valence-corrected chi connectivity index (χ2v) is 6.45. The molecule has 0 fully saturated rings. The van der Waals surface area contributed by atoms with E-state index < -0.39 is 8.80 Å². The molecule has 0 aliphatic heterocycles. The van der Waals surface area contributed by atoms with Crippen molar-refractivity contribution in [1.29, 1.82) is 0 Å². The Hall–Kier alpha value is 0.0169. The van der Waals surface area contributed by atoms with Crippen LogP contribution in [0.15, 0.2) is 0 Å². The van der Waals surface area contributed by atoms with Crippen molar-refractivity contribution in [2.75, 3.05) is 48.3 Å². The molecule has 0 saturated carbocycles. The van der Waals surface area contributed by atoms with Gasteiger partial charge < -0.3 is 22.8 Å². The zero-order chi connectivity index (χ0) is 12.3. The maximum Gasteiger partial charge on any atom is 0.500 e. The first-order chi connectivity index (χ1) is 7.74. The van der Waals surface area contributed by atoms with Gasteiger partial charge in [0.05, 0.1) is 0 Å². The molecule has 6 heteroatoms. The first kappa shape index (κ1) is 16.0. The number of hydrogen-bond acceptors (Lipinski definition) is 5. The van der Waals surface area contributed by atoms with Gasteiger partial charge in [-0.05, 0) is 12.8 Å². The Labute approximate surface area is 99.3 Å². The molecule has 0 aliphatic rings. The third-order valence-electron chi connectivity index (χ3n) is 2.34. The van der Waals surface area contributed by atoms with Gasteiger partial charge in [-0.25, -0.2) is 0 Å². The molecule has 0 amide bonds. The van der Waals surface area contributed by atoms with E-state index in [0.29, 0.717) is 6.61 Å². The Bertz CT molecular complexity index is 144. The topological polar surface area (TPSA) is 46.2 Å². The van der Waals surface area contributed by atoms with Crippen molar-refractivity contribution in [3.05, 3.63) is 0 Å². The summed E-state index contributed by atoms with van der Waals surface area (Å²) in [7, 11) is 4.16. The molecule has 98 valence electrons. The lowest BCUT2D eigenvalue weighted by Crippen LogP contribution is -2.42. The fourth-order valence-corrected chi connectivity index (χ4v) is 3.04. The van der Waals surface area contributed by atoms with E-state index in [2.05, 4.69) is 0 Å². The van der Waals surface area contributed by atoms with Crippen LogP contribution < -0.4 is 0 Å². The third kappa shape index (κ3) is 6.57. The monoisotopic (exact) mass is 252 g/mol. The van der Waals surface area contributed by atoms with Crippen molar-refractivity contribution >= 4 is 8.80 Å². The molecule has 0 aliphatic carbocycles. The summed E-state index contributed by atoms with van der Waals surface area (Å²) in [4.78, 5) is 0. The van der Waals surface area contributed by atoms with Crippen LogP contribution in [0.4, 0.5) is 0 Å². The van der Waals surface area contributed by atoms with Crippen LogP contribution in [-0.4, -0.2) is 57.1 Å². The van der Waals surface area contributed by atoms with Crippen molar-refractivity contribution in [3.63, 3.8) is 0 Å². The highest BCUT2D eigenvalue weighted by Crippen LogP contribution is 2.14. The molecule has 0 heterocycles. The van der Waals surface area contributed by atoms with Gasteiger partial charge in [0.15, 0.2) is 0 Å². The molecule has 0 aromatic heterocycles. The minimum Gasteiger partial charge on any atom is -0.385 e. The van der Waals surface area contributed by atoms with E-state index in [0.717, 1.165) is 32.1 Å². The molecule has 0 rings (SSSR count). The van der Waals surface area contributed by atoms with Gasteiger partial charge in [0.2, 0.25) is 0 Å². The molecule has 0 unspecified atom stereocenters. The minimum absolute atomic E-state index is 0.703. The van der Waals surface area contributed by atoms with Crippen LogP contribution in [-0.2, 0) is 22.8 Å². The van der Waals surface area contributed by atoms with Crippen molar-refractivity contribution < 1.29 is 22.8 Å². The molecule has 0 aromatic carbocycles. The van der Waals surface area contributed by atoms with Gasteiger partial charge in [-0.2, -0.15) is 0 Å². The van der Waals surface area contributed by atoms with E-state index in [4.69, 9.17) is 22.8 Å². The summed E-state index contributed by atoms with van der Waals surface area (Å²) in [6.07, 6.45) is 1.81. The van der Waals surface area contributed by atoms with Crippen LogP contribution in [0.2, 0.25) is 6.04 Å². The van der Waals surface area contributed by atoms with Crippen molar-refractivity contribution in [2.45, 2.75) is 18.9 Å². The molecule has 16 heavy (non-hydrogen) atoms. The fourth-order valence-electron chi connectivity index (χ4n) is 1.35. The largest absolute Gasteiger partial charge is 0.500 e. The Morgan fingerprint density at radius 1 is 0.750 bits per heavy atom. The molecule has 0 atom stereocenters. The van der Waals surface area contributed by atoms with Gasteiger partial charge in [0, 0.05) is 54.3 Å². The first-order valence-electron chi connectivity index (χ1n) is 5.46. The zero-order valence-electron chi connectivity index (χ0n) is 10.8. The first-order valence-corrected chi connectivity index (χ1v) is 7.40. The Morgan fingerprint density at radius 3 is 1.81 bits per heavy atom. The van der Waals surface area contributed by atoms with E-state index in [1.165, 1.54) is 0 Å². The lowest BCUT2D eigenvalue weighted by Gasteiger charge is -2.24. The van der Waals surface area contributed by atoms with E-state index in [1.54, 1.807) is 28.4 Å². The summed E-state index contributed by atoms with van der Waals surface area (Å²) in [5.41, 5.74) is 0. The maximum atomic E-state index is 5.44. The quantitative estimate of drug-likeness (QED) is 0.410. The van der Waals surface area contributed by atoms with Gasteiger partial charge in [-0.15, -0.1) is 0 Å². The molecule has 0 N–H and O–H groups in total. The second kappa shape index (κ2) is 10.2. The van der Waals surface area contributed by atoms with Crippen molar-refractivity contribution in [2.24, 2.45) is 0 Å². The van der Waals surface area contributed by atoms with Crippen LogP contribution >= 0.6 is 0 Å². The van der Waals surface area contributed by atoms with E-state index >= 15 is 0 Å². The van der Waals surface area contributed by atoms with Crippen LogP contribution in [0, 0.1) is 0 Å². The summed E-state index contributed by atoms with van der Waals surface area (Å²) < 4.78 is 26.3. The zero-order valence-corrected chi connectivity index (χ0v) is 11.8. The van der Waals surface area contributed by atoms with E-state index in [9.17, 15) is 0 Å². The highest BCUT2D eigenvalue weighted by atomic mass is 28.4. The second-order valence-electron chi connectivity index (χ2n) is 3.36. The predicted molar refractivity (Wildman–Crippen MR) is 63.5 cm³/mol. The van der Waals surface area contributed by atoms with E-state index in [1.807, 2.05) is 0 Å². The SMILES string of the molecule is COCCCOCCC[Si](OC)(OC)OC. The van der Waals surface area contributed by atoms with E-state index in [-0.39, 0.29) is 0 Å². The van der Waals surface area contributed by atoms with Gasteiger partial charge in [-0.1, -0.05) is 0 Å². The highest BCUT2D eigenvalue weighted by Gasteiger charge is 2.36. The molecule has 0 saturated heterocycles. The summed E-state index contributed by atoms with van der Waals surface area (Å²) in [5.74, 6) is 0. The Kier molecular flexibility index (Phi) is 10.2. The van der Waals surface area contributed by atoms with Crippen LogP contribution in [0.1, 0.15) is 12.8 Å². The molecule has 0 radical (unpaired) electrons. The smallest absolute Gasteiger partial charge is 0.385 e. The van der Waals surface area contributed by atoms with Crippen LogP contribution in [0.3, 0.4) is 0 Å². The molecule has 0 spiro atoms. The average Bonchev–Trinajstić information content (AvgIpc) is 2.34. The average molecular weight is 252 g/mol. The number of hydrogen-bond donors (Lipinski definition) is 0. The number of ether oxygens (including phenoxy) is 2. The molecule has 0 bridgehead atoms. The molecular weight excluding hydrogens is 228 g/mol. The third-order valence-corrected chi connectivity index (χ3v) is 5.17. The molecule has 0 aromatic rings. The molecular formula is C10H24O5Si. The normalized spacial score (nSPS) is 12.0. The van der Waals surface area contributed by atoms with Gasteiger partial charge in [0.25, 0.3) is 0 Å². The van der Waals surface area contributed by atoms with Crippen LogP contribution in [0.5, 0.6) is 0 Å². The highest BCUT2D eigenvalue weighted by molar-refractivity contribution is 6.60. The van der Waals surface area contributed by atoms with Gasteiger partial charge in [0.1, 0.15) is 0 Å². The maximum absolute atomic E-state index is 5.44. The lowest BCUT2D eigenvalue weighted by molar-refractivity contribution is 0.0930. The van der Waals surface area contributed by atoms with Gasteiger partial charge in [-0.3, -0.25) is 0 Å². The number of methoxy groups -OCH3 is 1. The molecule has 5 nitrogen and oxygen atoms in total. The lowest BCUT2D eigenvalue weighted by atomic mass is 10.5. The van der Waals surface area contributed by atoms with Crippen molar-refractivity contribution in [1.82, 2.24) is 0 Å². The Balaban J connectivity index is 3.48. The van der Waals surface area contributed by atoms with Crippen molar-refractivity contribution in [3.8, 4) is 0 Å². The summed E-state index contributed by atoms with van der Waals surface area (Å²) in [6, 6.07) is 0.779. The van der Waals surface area contributed by atoms with Gasteiger partial charge >= 0.3 is 8.80 Å². The minimum atomic E-state index is -2.40. The summed E-state index contributed by atoms with van der Waals surface area (Å²) in [5, 5.41) is 0. The standard InChI is InChI=1S/C10H24O5Si/c1-11-7-5-8-15-9-6-10-16(12-2,13-3)14-4/h5-10H2,1-4H3. The summed E-state index contributed by atoms with van der Waals surface area (Å²) in [6.45, 7) is 2.18. The Morgan fingerprint density at radius 2 is 1.31 bits per heavy atom. The predicted octanol–water partition coefficient (Wildman–Crippen LogP) is 1.31. The van der Waals surface area contributed by atoms with Crippen LogP contribution in [0.25, 0.3) is 0 Å². The summed E-state index contributed by atoms with van der Waals surface area (Å²) >= 11 is 0.